The summed E-state index contributed by atoms with van der Waals surface area (Å²) in [5.41, 5.74) is 2.97. The molecule has 0 spiro atoms. The molecule has 0 atom stereocenters. The van der Waals surface area contributed by atoms with E-state index in [0.29, 0.717) is 0 Å². The minimum absolute atomic E-state index is 0.768. The van der Waals surface area contributed by atoms with Crippen LogP contribution in [-0.4, -0.2) is 19.6 Å². The lowest BCUT2D eigenvalue weighted by Gasteiger charge is -2.22. The zero-order valence-electron chi connectivity index (χ0n) is 11.0. The van der Waals surface area contributed by atoms with Crippen LogP contribution in [0.1, 0.15) is 31.9 Å². The maximum atomic E-state index is 9.21. The van der Waals surface area contributed by atoms with Crippen LogP contribution in [0.2, 0.25) is 0 Å². The van der Waals surface area contributed by atoms with E-state index in [-0.39, 0.29) is 0 Å². The van der Waals surface area contributed by atoms with Gasteiger partial charge in [-0.25, -0.2) is 0 Å². The summed E-state index contributed by atoms with van der Waals surface area (Å²) in [5.74, 6) is 0. The molecule has 0 aliphatic carbocycles. The first-order valence-corrected chi connectivity index (χ1v) is 6.25. The Bertz CT molecular complexity index is 389. The van der Waals surface area contributed by atoms with Crippen molar-refractivity contribution in [2.24, 2.45) is 0 Å². The summed E-state index contributed by atoms with van der Waals surface area (Å²) in [5, 5.41) is 12.5. The van der Waals surface area contributed by atoms with E-state index in [4.69, 9.17) is 0 Å². The van der Waals surface area contributed by atoms with Crippen LogP contribution in [0.4, 0.5) is 5.69 Å². The Morgan fingerprint density at radius 1 is 1.24 bits per heavy atom. The topological polar surface area (TPSA) is 39.1 Å². The van der Waals surface area contributed by atoms with Crippen molar-refractivity contribution in [3.05, 3.63) is 29.3 Å². The molecule has 0 aliphatic heterocycles. The van der Waals surface area contributed by atoms with E-state index in [1.165, 1.54) is 5.56 Å². The lowest BCUT2D eigenvalue weighted by molar-refractivity contribution is 0.726. The van der Waals surface area contributed by atoms with Gasteiger partial charge in [0.25, 0.3) is 0 Å². The Morgan fingerprint density at radius 3 is 2.47 bits per heavy atom. The summed E-state index contributed by atoms with van der Waals surface area (Å²) in [4.78, 5) is 2.20. The average molecular weight is 231 g/mol. The fourth-order valence-corrected chi connectivity index (χ4v) is 1.89. The molecule has 0 saturated heterocycles. The molecule has 0 amide bonds. The zero-order chi connectivity index (χ0) is 12.7. The van der Waals surface area contributed by atoms with Crippen LogP contribution in [0, 0.1) is 11.3 Å². The molecule has 17 heavy (non-hydrogen) atoms. The molecular formula is C14H21N3. The molecule has 1 N–H and O–H groups in total. The largest absolute Gasteiger partial charge is 0.371 e. The minimum Gasteiger partial charge on any atom is -0.371 e. The first-order valence-electron chi connectivity index (χ1n) is 6.25. The van der Waals surface area contributed by atoms with Crippen LogP contribution in [0.3, 0.4) is 0 Å². The van der Waals surface area contributed by atoms with E-state index in [0.717, 1.165) is 37.4 Å². The van der Waals surface area contributed by atoms with Gasteiger partial charge in [-0.3, -0.25) is 0 Å². The van der Waals surface area contributed by atoms with Crippen molar-refractivity contribution in [3.8, 4) is 6.07 Å². The van der Waals surface area contributed by atoms with Crippen molar-refractivity contribution in [3.63, 3.8) is 0 Å². The van der Waals surface area contributed by atoms with Crippen LogP contribution in [0.5, 0.6) is 0 Å². The van der Waals surface area contributed by atoms with E-state index in [9.17, 15) is 5.26 Å². The number of nitrogens with zero attached hydrogens (tertiary/aromatic N) is 2. The predicted octanol–water partition coefficient (Wildman–Crippen LogP) is 2.51. The summed E-state index contributed by atoms with van der Waals surface area (Å²) in [7, 11) is 0. The number of anilines is 1. The van der Waals surface area contributed by atoms with Gasteiger partial charge in [-0.05, 0) is 38.1 Å². The molecule has 1 aromatic carbocycles. The molecular weight excluding hydrogens is 210 g/mol. The molecule has 0 radical (unpaired) electrons. The highest BCUT2D eigenvalue weighted by Gasteiger charge is 2.08. The number of nitrogens with one attached hydrogen (secondary N) is 1. The Hall–Kier alpha value is -1.53. The van der Waals surface area contributed by atoms with Gasteiger partial charge in [-0.2, -0.15) is 5.26 Å². The molecule has 0 fully saturated rings. The van der Waals surface area contributed by atoms with E-state index >= 15 is 0 Å². The van der Waals surface area contributed by atoms with Crippen molar-refractivity contribution in [2.75, 3.05) is 24.5 Å². The van der Waals surface area contributed by atoms with Crippen molar-refractivity contribution in [1.82, 2.24) is 5.32 Å². The van der Waals surface area contributed by atoms with Gasteiger partial charge >= 0.3 is 0 Å². The lowest BCUT2D eigenvalue weighted by Crippen LogP contribution is -2.23. The normalized spacial score (nSPS) is 10.0. The van der Waals surface area contributed by atoms with Crippen molar-refractivity contribution >= 4 is 5.69 Å². The smallest absolute Gasteiger partial charge is 0.101 e. The summed E-state index contributed by atoms with van der Waals surface area (Å²) in [6, 6.07) is 8.42. The fourth-order valence-electron chi connectivity index (χ4n) is 1.89. The second-order valence-electron chi connectivity index (χ2n) is 3.92. The number of hydrogen-bond acceptors (Lipinski definition) is 3. The van der Waals surface area contributed by atoms with Gasteiger partial charge in [0.1, 0.15) is 6.07 Å². The summed E-state index contributed by atoms with van der Waals surface area (Å²) < 4.78 is 0. The van der Waals surface area contributed by atoms with Crippen LogP contribution < -0.4 is 10.2 Å². The predicted molar refractivity (Wildman–Crippen MR) is 72.1 cm³/mol. The first kappa shape index (κ1) is 13.5. The number of benzene rings is 1. The highest BCUT2D eigenvalue weighted by Crippen LogP contribution is 2.21. The standard InChI is InChI=1S/C14H21N3/c1-4-16-11-12-7-8-14(13(9-12)10-15)17(5-2)6-3/h7-9,16H,4-6,11H2,1-3H3. The minimum atomic E-state index is 0.768. The van der Waals surface area contributed by atoms with Crippen molar-refractivity contribution < 1.29 is 0 Å². The molecule has 0 heterocycles. The second-order valence-corrected chi connectivity index (χ2v) is 3.92. The van der Waals surface area contributed by atoms with Crippen LogP contribution in [-0.2, 0) is 6.54 Å². The quantitative estimate of drug-likeness (QED) is 0.817. The lowest BCUT2D eigenvalue weighted by atomic mass is 10.1. The highest BCUT2D eigenvalue weighted by molar-refractivity contribution is 5.60. The van der Waals surface area contributed by atoms with E-state index in [1.54, 1.807) is 0 Å². The SMILES string of the molecule is CCNCc1ccc(N(CC)CC)c(C#N)c1. The Morgan fingerprint density at radius 2 is 1.94 bits per heavy atom. The third-order valence-corrected chi connectivity index (χ3v) is 2.86. The molecule has 0 aromatic heterocycles. The summed E-state index contributed by atoms with van der Waals surface area (Å²) >= 11 is 0. The van der Waals surface area contributed by atoms with Gasteiger partial charge in [0.05, 0.1) is 11.3 Å². The van der Waals surface area contributed by atoms with Crippen molar-refractivity contribution in [1.29, 1.82) is 5.26 Å². The Balaban J connectivity index is 2.97. The maximum absolute atomic E-state index is 9.21. The van der Waals surface area contributed by atoms with Gasteiger partial charge in [0.2, 0.25) is 0 Å². The van der Waals surface area contributed by atoms with Crippen LogP contribution >= 0.6 is 0 Å². The summed E-state index contributed by atoms with van der Waals surface area (Å²) in [6.07, 6.45) is 0. The average Bonchev–Trinajstić information content (AvgIpc) is 2.38. The second kappa shape index (κ2) is 6.93. The van der Waals surface area contributed by atoms with Gasteiger partial charge in [0, 0.05) is 19.6 Å². The van der Waals surface area contributed by atoms with Crippen LogP contribution in [0.15, 0.2) is 18.2 Å². The Kier molecular flexibility index (Phi) is 5.51. The third-order valence-electron chi connectivity index (χ3n) is 2.86. The molecule has 0 saturated carbocycles. The van der Waals surface area contributed by atoms with Gasteiger partial charge in [0.15, 0.2) is 0 Å². The molecule has 0 unspecified atom stereocenters. The van der Waals surface area contributed by atoms with Crippen LogP contribution in [0.25, 0.3) is 0 Å². The zero-order valence-corrected chi connectivity index (χ0v) is 11.0. The maximum Gasteiger partial charge on any atom is 0.101 e. The van der Waals surface area contributed by atoms with E-state index < -0.39 is 0 Å². The fraction of sp³-hybridized carbons (Fsp3) is 0.500. The molecule has 3 nitrogen and oxygen atoms in total. The van der Waals surface area contributed by atoms with E-state index in [1.807, 2.05) is 6.07 Å². The molecule has 0 aliphatic rings. The molecule has 1 rings (SSSR count). The monoisotopic (exact) mass is 231 g/mol. The molecule has 92 valence electrons. The van der Waals surface area contributed by atoms with E-state index in [2.05, 4.69) is 49.2 Å². The highest BCUT2D eigenvalue weighted by atomic mass is 15.1. The number of hydrogen-bond donors (Lipinski definition) is 1. The third kappa shape index (κ3) is 3.47. The van der Waals surface area contributed by atoms with Gasteiger partial charge < -0.3 is 10.2 Å². The van der Waals surface area contributed by atoms with Crippen molar-refractivity contribution in [2.45, 2.75) is 27.3 Å². The summed E-state index contributed by atoms with van der Waals surface area (Å²) in [6.45, 7) is 9.92. The molecule has 1 aromatic rings. The molecule has 3 heteroatoms. The van der Waals surface area contributed by atoms with Gasteiger partial charge in [-0.1, -0.05) is 13.0 Å². The first-order chi connectivity index (χ1) is 8.26. The number of nitriles is 1. The Labute approximate surface area is 104 Å². The number of rotatable bonds is 6. The van der Waals surface area contributed by atoms with Gasteiger partial charge in [-0.15, -0.1) is 0 Å². The molecule has 0 bridgehead atoms.